The van der Waals surface area contributed by atoms with Crippen molar-refractivity contribution < 1.29 is 49.7 Å². The van der Waals surface area contributed by atoms with E-state index < -0.39 is 61.8 Å². The normalized spacial score (nSPS) is 30.9. The summed E-state index contributed by atoms with van der Waals surface area (Å²) >= 11 is 0. The van der Waals surface area contributed by atoms with Crippen molar-refractivity contribution in [1.82, 2.24) is 0 Å². The Balaban J connectivity index is 2.81. The number of rotatable bonds is 10. The first kappa shape index (κ1) is 24.2. The third-order valence-corrected chi connectivity index (χ3v) is 4.50. The summed E-state index contributed by atoms with van der Waals surface area (Å²) in [7, 11) is 0. The second-order valence-corrected chi connectivity index (χ2v) is 6.77. The van der Waals surface area contributed by atoms with Crippen LogP contribution in [0.5, 0.6) is 0 Å². The van der Waals surface area contributed by atoms with Crippen LogP contribution in [-0.2, 0) is 19.1 Å². The smallest absolute Gasteiger partial charge is 0.331 e. The van der Waals surface area contributed by atoms with Gasteiger partial charge in [-0.25, -0.2) is 4.79 Å². The zero-order valence-electron chi connectivity index (χ0n) is 15.7. The molecule has 0 aliphatic carbocycles. The third-order valence-electron chi connectivity index (χ3n) is 4.50. The molecule has 10 heteroatoms. The first-order valence-corrected chi connectivity index (χ1v) is 8.83. The number of carboxylic acids is 2. The SMILES string of the molecule is C/C(=C/C=C/C[C@@H](C)[C@H](CC(=O)O)O[C@@H]1O[C@H](CO)[C@@H](O)[C@H](O)[C@H]1O)C(=O)O. The van der Waals surface area contributed by atoms with Crippen LogP contribution in [0.2, 0.25) is 0 Å². The van der Waals surface area contributed by atoms with Gasteiger partial charge in [-0.15, -0.1) is 0 Å². The molecule has 0 radical (unpaired) electrons. The summed E-state index contributed by atoms with van der Waals surface area (Å²) < 4.78 is 10.8. The largest absolute Gasteiger partial charge is 0.481 e. The molecule has 0 saturated carbocycles. The lowest BCUT2D eigenvalue weighted by Crippen LogP contribution is -2.60. The second-order valence-electron chi connectivity index (χ2n) is 6.77. The number of aliphatic hydroxyl groups is 4. The predicted octanol–water partition coefficient (Wildman–Crippen LogP) is -0.740. The Morgan fingerprint density at radius 2 is 1.79 bits per heavy atom. The van der Waals surface area contributed by atoms with Crippen LogP contribution in [0.3, 0.4) is 0 Å². The van der Waals surface area contributed by atoms with Crippen LogP contribution in [0, 0.1) is 5.92 Å². The molecule has 10 nitrogen and oxygen atoms in total. The minimum atomic E-state index is -1.63. The van der Waals surface area contributed by atoms with Crippen LogP contribution in [0.25, 0.3) is 0 Å². The number of aliphatic carboxylic acids is 2. The molecule has 0 aromatic carbocycles. The van der Waals surface area contributed by atoms with Gasteiger partial charge < -0.3 is 40.1 Å². The van der Waals surface area contributed by atoms with E-state index in [4.69, 9.17) is 19.7 Å². The van der Waals surface area contributed by atoms with Gasteiger partial charge in [-0.3, -0.25) is 4.79 Å². The zero-order chi connectivity index (χ0) is 21.4. The standard InChI is InChI=1S/C18H28O10/c1-9(5-3-4-6-10(2)17(25)26)11(7-13(20)21)27-18-16(24)15(23)14(22)12(8-19)28-18/h3-4,6,9,11-12,14-16,18-19,22-24H,5,7-8H2,1-2H3,(H,20,21)(H,25,26)/b4-3+,10-6-/t9-,11+,12-,14-,15+,16-,18-/m1/s1. The summed E-state index contributed by atoms with van der Waals surface area (Å²) in [6, 6.07) is 0. The van der Waals surface area contributed by atoms with Crippen LogP contribution in [0.4, 0.5) is 0 Å². The van der Waals surface area contributed by atoms with Gasteiger partial charge in [-0.2, -0.15) is 0 Å². The average molecular weight is 404 g/mol. The maximum Gasteiger partial charge on any atom is 0.331 e. The molecule has 0 aromatic heterocycles. The number of hydrogen-bond acceptors (Lipinski definition) is 8. The lowest BCUT2D eigenvalue weighted by molar-refractivity contribution is -0.314. The van der Waals surface area contributed by atoms with E-state index in [0.29, 0.717) is 6.42 Å². The highest BCUT2D eigenvalue weighted by Gasteiger charge is 2.45. The third kappa shape index (κ3) is 6.97. The Labute approximate surface area is 162 Å². The van der Waals surface area contributed by atoms with Crippen LogP contribution >= 0.6 is 0 Å². The maximum atomic E-state index is 11.2. The monoisotopic (exact) mass is 404 g/mol. The summed E-state index contributed by atoms with van der Waals surface area (Å²) in [5.74, 6) is -2.56. The van der Waals surface area contributed by atoms with E-state index in [0.717, 1.165) is 0 Å². The number of carbonyl (C=O) groups is 2. The van der Waals surface area contributed by atoms with Gasteiger partial charge in [0.2, 0.25) is 0 Å². The Bertz CT molecular complexity index is 585. The van der Waals surface area contributed by atoms with Crippen molar-refractivity contribution in [1.29, 1.82) is 0 Å². The van der Waals surface area contributed by atoms with Gasteiger partial charge in [-0.05, 0) is 19.3 Å². The minimum absolute atomic E-state index is 0.142. The van der Waals surface area contributed by atoms with E-state index >= 15 is 0 Å². The minimum Gasteiger partial charge on any atom is -0.481 e. The molecule has 1 aliphatic heterocycles. The summed E-state index contributed by atoms with van der Waals surface area (Å²) in [6.07, 6.45) is -3.76. The quantitative estimate of drug-likeness (QED) is 0.201. The molecule has 0 spiro atoms. The fourth-order valence-corrected chi connectivity index (χ4v) is 2.64. The van der Waals surface area contributed by atoms with Crippen molar-refractivity contribution in [3.05, 3.63) is 23.8 Å². The summed E-state index contributed by atoms with van der Waals surface area (Å²) in [5, 5.41) is 56.8. The van der Waals surface area contributed by atoms with Crippen molar-refractivity contribution >= 4 is 11.9 Å². The van der Waals surface area contributed by atoms with Crippen LogP contribution in [0.15, 0.2) is 23.8 Å². The van der Waals surface area contributed by atoms with Gasteiger partial charge in [0.05, 0.1) is 19.1 Å². The molecule has 6 N–H and O–H groups in total. The van der Waals surface area contributed by atoms with Gasteiger partial charge in [0.1, 0.15) is 24.4 Å². The highest BCUT2D eigenvalue weighted by molar-refractivity contribution is 5.86. The van der Waals surface area contributed by atoms with E-state index in [-0.39, 0.29) is 11.5 Å². The second kappa shape index (κ2) is 11.2. The topological polar surface area (TPSA) is 174 Å². The van der Waals surface area contributed by atoms with Crippen molar-refractivity contribution in [3.63, 3.8) is 0 Å². The van der Waals surface area contributed by atoms with Gasteiger partial charge in [0.25, 0.3) is 0 Å². The molecule has 1 rings (SSSR count). The highest BCUT2D eigenvalue weighted by atomic mass is 16.7. The van der Waals surface area contributed by atoms with E-state index in [9.17, 15) is 30.0 Å². The Morgan fingerprint density at radius 3 is 2.32 bits per heavy atom. The van der Waals surface area contributed by atoms with E-state index in [1.807, 2.05) is 0 Å². The first-order valence-electron chi connectivity index (χ1n) is 8.83. The van der Waals surface area contributed by atoms with Crippen LogP contribution in [-0.4, -0.2) is 86.0 Å². The molecule has 0 bridgehead atoms. The van der Waals surface area contributed by atoms with Gasteiger partial charge in [0, 0.05) is 5.57 Å². The molecular formula is C18H28O10. The van der Waals surface area contributed by atoms with E-state index in [2.05, 4.69) is 0 Å². The molecule has 1 heterocycles. The zero-order valence-corrected chi connectivity index (χ0v) is 15.7. The fourth-order valence-electron chi connectivity index (χ4n) is 2.64. The molecule has 1 aliphatic rings. The van der Waals surface area contributed by atoms with Crippen LogP contribution in [0.1, 0.15) is 26.7 Å². The molecule has 160 valence electrons. The lowest BCUT2D eigenvalue weighted by atomic mass is 9.96. The van der Waals surface area contributed by atoms with E-state index in [1.165, 1.54) is 19.1 Å². The molecule has 1 fully saturated rings. The van der Waals surface area contributed by atoms with Crippen molar-refractivity contribution in [2.45, 2.75) is 63.5 Å². The number of carboxylic acid groups (broad SMARTS) is 2. The molecular weight excluding hydrogens is 376 g/mol. The highest BCUT2D eigenvalue weighted by Crippen LogP contribution is 2.26. The summed E-state index contributed by atoms with van der Waals surface area (Å²) in [6.45, 7) is 2.52. The van der Waals surface area contributed by atoms with E-state index in [1.54, 1.807) is 13.0 Å². The molecule has 7 atom stereocenters. The fraction of sp³-hybridized carbons (Fsp3) is 0.667. The Kier molecular flexibility index (Phi) is 9.73. The van der Waals surface area contributed by atoms with Crippen molar-refractivity contribution in [3.8, 4) is 0 Å². The molecule has 28 heavy (non-hydrogen) atoms. The lowest BCUT2D eigenvalue weighted by Gasteiger charge is -2.41. The number of allylic oxidation sites excluding steroid dienone is 3. The Hall–Kier alpha value is -1.82. The summed E-state index contributed by atoms with van der Waals surface area (Å²) in [4.78, 5) is 21.9. The van der Waals surface area contributed by atoms with Gasteiger partial charge >= 0.3 is 11.9 Å². The number of aliphatic hydroxyl groups excluding tert-OH is 4. The maximum absolute atomic E-state index is 11.2. The van der Waals surface area contributed by atoms with Crippen molar-refractivity contribution in [2.24, 2.45) is 5.92 Å². The molecule has 1 saturated heterocycles. The molecule has 0 unspecified atom stereocenters. The summed E-state index contributed by atoms with van der Waals surface area (Å²) in [5.41, 5.74) is 0.142. The Morgan fingerprint density at radius 1 is 1.14 bits per heavy atom. The van der Waals surface area contributed by atoms with Gasteiger partial charge in [0.15, 0.2) is 6.29 Å². The first-order chi connectivity index (χ1) is 13.1. The number of hydrogen-bond donors (Lipinski definition) is 6. The van der Waals surface area contributed by atoms with Gasteiger partial charge in [-0.1, -0.05) is 25.2 Å². The van der Waals surface area contributed by atoms with Crippen molar-refractivity contribution in [2.75, 3.05) is 6.61 Å². The average Bonchev–Trinajstić information content (AvgIpc) is 2.63. The predicted molar refractivity (Wildman–Crippen MR) is 95.2 cm³/mol. The number of ether oxygens (including phenoxy) is 2. The van der Waals surface area contributed by atoms with Crippen LogP contribution < -0.4 is 0 Å². The molecule has 0 aromatic rings. The molecule has 0 amide bonds.